The van der Waals surface area contributed by atoms with Gasteiger partial charge in [0, 0.05) is 0 Å². The third-order valence-electron chi connectivity index (χ3n) is 4.37. The van der Waals surface area contributed by atoms with Crippen molar-refractivity contribution in [2.75, 3.05) is 13.2 Å². The maximum absolute atomic E-state index is 11.5. The fourth-order valence-corrected chi connectivity index (χ4v) is 2.17. The van der Waals surface area contributed by atoms with Gasteiger partial charge >= 0.3 is 11.9 Å². The maximum atomic E-state index is 11.5. The quantitative estimate of drug-likeness (QED) is 0.575. The second kappa shape index (κ2) is 13.2. The molecule has 0 fully saturated rings. The van der Waals surface area contributed by atoms with Crippen molar-refractivity contribution in [3.63, 3.8) is 0 Å². The van der Waals surface area contributed by atoms with Gasteiger partial charge in [0.25, 0.3) is 0 Å². The van der Waals surface area contributed by atoms with Gasteiger partial charge in [-0.05, 0) is 42.5 Å². The second-order valence-corrected chi connectivity index (χ2v) is 7.46. The molecule has 0 radical (unpaired) electrons. The second-order valence-electron chi connectivity index (χ2n) is 7.46. The van der Waals surface area contributed by atoms with E-state index in [4.69, 9.17) is 9.47 Å². The van der Waals surface area contributed by atoms with Gasteiger partial charge in [-0.25, -0.2) is 9.59 Å². The van der Waals surface area contributed by atoms with Gasteiger partial charge in [0.15, 0.2) is 0 Å². The molecule has 0 aliphatic rings. The first kappa shape index (κ1) is 25.0. The number of phenols is 2. The molecule has 1 unspecified atom stereocenters. The molecule has 0 amide bonds. The molecule has 0 heterocycles. The first-order valence-corrected chi connectivity index (χ1v) is 10.2. The summed E-state index contributed by atoms with van der Waals surface area (Å²) in [5.74, 6) is -0.150. The summed E-state index contributed by atoms with van der Waals surface area (Å²) in [7, 11) is 0. The van der Waals surface area contributed by atoms with Crippen molar-refractivity contribution in [2.45, 2.75) is 40.5 Å². The van der Waals surface area contributed by atoms with Crippen molar-refractivity contribution in [3.8, 4) is 11.5 Å². The highest BCUT2D eigenvalue weighted by Gasteiger charge is 2.13. The number of carbonyl (C=O) groups excluding carboxylic acids is 2. The number of carbonyl (C=O) groups is 2. The molecule has 0 aliphatic heterocycles. The number of hydrogen-bond acceptors (Lipinski definition) is 6. The van der Waals surface area contributed by atoms with E-state index in [1.807, 2.05) is 13.8 Å². The summed E-state index contributed by atoms with van der Waals surface area (Å²) in [6.45, 7) is 8.97. The van der Waals surface area contributed by atoms with Crippen LogP contribution in [-0.2, 0) is 9.47 Å². The molecular formula is C24H32O6. The average molecular weight is 417 g/mol. The Morgan fingerprint density at radius 2 is 1.30 bits per heavy atom. The van der Waals surface area contributed by atoms with Crippen LogP contribution in [0.2, 0.25) is 0 Å². The highest BCUT2D eigenvalue weighted by Crippen LogP contribution is 2.18. The molecule has 0 bridgehead atoms. The number of benzene rings is 2. The van der Waals surface area contributed by atoms with Crippen molar-refractivity contribution in [3.05, 3.63) is 59.7 Å². The summed E-state index contributed by atoms with van der Waals surface area (Å²) in [5, 5.41) is 18.8. The standard InChI is InChI=1S/2C12H16O3/c1-9(2)7-8-15-12(14)10-5-3-4-6-11(10)13;1-3-9(2)8-15-12(14)10-6-4-5-7-11(10)13/h3-6,9,13H,7-8H2,1-2H3;4-7,9,13H,3,8H2,1-2H3. The van der Waals surface area contributed by atoms with Gasteiger partial charge in [-0.1, -0.05) is 58.4 Å². The van der Waals surface area contributed by atoms with Gasteiger partial charge in [0.05, 0.1) is 13.2 Å². The number of rotatable bonds is 8. The minimum absolute atomic E-state index is 0.0351. The Hall–Kier alpha value is -3.02. The van der Waals surface area contributed by atoms with Gasteiger partial charge in [-0.2, -0.15) is 0 Å². The predicted octanol–water partition coefficient (Wildman–Crippen LogP) is 5.19. The van der Waals surface area contributed by atoms with Crippen LogP contribution in [-0.4, -0.2) is 35.4 Å². The van der Waals surface area contributed by atoms with Gasteiger partial charge < -0.3 is 19.7 Å². The number of phenolic OH excluding ortho intramolecular Hbond substituents is 2. The lowest BCUT2D eigenvalue weighted by molar-refractivity contribution is 0.0441. The van der Waals surface area contributed by atoms with Crippen molar-refractivity contribution in [2.24, 2.45) is 11.8 Å². The highest BCUT2D eigenvalue weighted by molar-refractivity contribution is 5.92. The highest BCUT2D eigenvalue weighted by atomic mass is 16.5. The van der Waals surface area contributed by atoms with Crippen LogP contribution in [0.4, 0.5) is 0 Å². The van der Waals surface area contributed by atoms with Crippen LogP contribution >= 0.6 is 0 Å². The Morgan fingerprint density at radius 1 is 0.833 bits per heavy atom. The van der Waals surface area contributed by atoms with E-state index in [9.17, 15) is 19.8 Å². The number of esters is 2. The van der Waals surface area contributed by atoms with E-state index in [2.05, 4.69) is 13.8 Å². The minimum atomic E-state index is -0.464. The first-order chi connectivity index (χ1) is 14.3. The maximum Gasteiger partial charge on any atom is 0.341 e. The van der Waals surface area contributed by atoms with Crippen LogP contribution < -0.4 is 0 Å². The average Bonchev–Trinajstić information content (AvgIpc) is 2.72. The molecule has 6 nitrogen and oxygen atoms in total. The third kappa shape index (κ3) is 8.99. The molecular weight excluding hydrogens is 384 g/mol. The summed E-state index contributed by atoms with van der Waals surface area (Å²) in [4.78, 5) is 23.0. The topological polar surface area (TPSA) is 93.1 Å². The third-order valence-corrected chi connectivity index (χ3v) is 4.37. The molecule has 0 saturated carbocycles. The monoisotopic (exact) mass is 416 g/mol. The predicted molar refractivity (Wildman–Crippen MR) is 116 cm³/mol. The van der Waals surface area contributed by atoms with Crippen LogP contribution in [0.25, 0.3) is 0 Å². The number of para-hydroxylation sites is 2. The molecule has 0 aromatic heterocycles. The largest absolute Gasteiger partial charge is 0.507 e. The number of aromatic hydroxyl groups is 2. The van der Waals surface area contributed by atoms with Crippen molar-refractivity contribution in [1.82, 2.24) is 0 Å². The fraction of sp³-hybridized carbons (Fsp3) is 0.417. The minimum Gasteiger partial charge on any atom is -0.507 e. The Balaban J connectivity index is 0.000000300. The molecule has 0 aliphatic carbocycles. The van der Waals surface area contributed by atoms with Crippen molar-refractivity contribution in [1.29, 1.82) is 0 Å². The van der Waals surface area contributed by atoms with Gasteiger partial charge in [-0.3, -0.25) is 0 Å². The van der Waals surface area contributed by atoms with E-state index in [-0.39, 0.29) is 22.6 Å². The number of hydrogen-bond donors (Lipinski definition) is 2. The smallest absolute Gasteiger partial charge is 0.341 e. The Bertz CT molecular complexity index is 800. The molecule has 6 heteroatoms. The molecule has 30 heavy (non-hydrogen) atoms. The fourth-order valence-electron chi connectivity index (χ4n) is 2.17. The Labute approximate surface area is 178 Å². The lowest BCUT2D eigenvalue weighted by Gasteiger charge is -2.09. The zero-order chi connectivity index (χ0) is 22.5. The van der Waals surface area contributed by atoms with Gasteiger partial charge in [0.1, 0.15) is 22.6 Å². The van der Waals surface area contributed by atoms with Gasteiger partial charge in [-0.15, -0.1) is 0 Å². The summed E-state index contributed by atoms with van der Waals surface area (Å²) < 4.78 is 10.1. The summed E-state index contributed by atoms with van der Waals surface area (Å²) in [5.41, 5.74) is 0.446. The van der Waals surface area contributed by atoms with E-state index < -0.39 is 11.9 Å². The van der Waals surface area contributed by atoms with Crippen LogP contribution in [0.3, 0.4) is 0 Å². The molecule has 164 valence electrons. The lowest BCUT2D eigenvalue weighted by Crippen LogP contribution is -2.11. The van der Waals surface area contributed by atoms with Crippen LogP contribution in [0.15, 0.2) is 48.5 Å². The van der Waals surface area contributed by atoms with Crippen LogP contribution in [0, 0.1) is 11.8 Å². The molecule has 2 N–H and O–H groups in total. The molecule has 2 aromatic carbocycles. The molecule has 0 saturated heterocycles. The van der Waals surface area contributed by atoms with Crippen molar-refractivity contribution >= 4 is 11.9 Å². The molecule has 2 aromatic rings. The Morgan fingerprint density at radius 3 is 1.73 bits per heavy atom. The summed E-state index contributed by atoms with van der Waals surface area (Å²) in [6.07, 6.45) is 1.80. The lowest BCUT2D eigenvalue weighted by atomic mass is 10.1. The van der Waals surface area contributed by atoms with E-state index in [1.54, 1.807) is 36.4 Å². The first-order valence-electron chi connectivity index (χ1n) is 10.2. The molecule has 2 rings (SSSR count). The zero-order valence-electron chi connectivity index (χ0n) is 18.1. The molecule has 1 atom stereocenters. The zero-order valence-corrected chi connectivity index (χ0v) is 18.1. The Kier molecular flexibility index (Phi) is 11.0. The van der Waals surface area contributed by atoms with E-state index in [0.29, 0.717) is 25.0 Å². The summed E-state index contributed by atoms with van der Waals surface area (Å²) in [6, 6.07) is 12.8. The summed E-state index contributed by atoms with van der Waals surface area (Å²) >= 11 is 0. The normalized spacial score (nSPS) is 11.2. The molecule has 0 spiro atoms. The van der Waals surface area contributed by atoms with Crippen molar-refractivity contribution < 1.29 is 29.3 Å². The van der Waals surface area contributed by atoms with E-state index in [1.165, 1.54) is 12.1 Å². The van der Waals surface area contributed by atoms with E-state index >= 15 is 0 Å². The van der Waals surface area contributed by atoms with Gasteiger partial charge in [0.2, 0.25) is 0 Å². The van der Waals surface area contributed by atoms with Crippen LogP contribution in [0.1, 0.15) is 61.3 Å². The van der Waals surface area contributed by atoms with E-state index in [0.717, 1.165) is 12.8 Å². The van der Waals surface area contributed by atoms with Crippen LogP contribution in [0.5, 0.6) is 11.5 Å². The number of ether oxygens (including phenoxy) is 2. The SMILES string of the molecule is CC(C)CCOC(=O)c1ccccc1O.CCC(C)COC(=O)c1ccccc1O.